The SMILES string of the molecule is O=C(NCc1ccc(Cl)cc1)c1ccc2c(=O)n(-c3ccccc3)c(N3CCCC3)nc2c1. The van der Waals surface area contributed by atoms with Crippen molar-refractivity contribution < 1.29 is 4.79 Å². The molecule has 1 aliphatic rings. The summed E-state index contributed by atoms with van der Waals surface area (Å²) in [5, 5.41) is 4.05. The third kappa shape index (κ3) is 4.34. The minimum absolute atomic E-state index is 0.138. The van der Waals surface area contributed by atoms with Crippen LogP contribution in [0.2, 0.25) is 5.02 Å². The van der Waals surface area contributed by atoms with Gasteiger partial charge in [0.2, 0.25) is 5.95 Å². The Balaban J connectivity index is 1.51. The molecule has 2 heterocycles. The Hall–Kier alpha value is -3.64. The maximum Gasteiger partial charge on any atom is 0.267 e. The van der Waals surface area contributed by atoms with Crippen molar-refractivity contribution in [2.45, 2.75) is 19.4 Å². The van der Waals surface area contributed by atoms with Gasteiger partial charge in [0.15, 0.2) is 0 Å². The van der Waals surface area contributed by atoms with Crippen molar-refractivity contribution in [1.29, 1.82) is 0 Å². The number of nitrogens with one attached hydrogen (secondary N) is 1. The molecule has 0 spiro atoms. The van der Waals surface area contributed by atoms with Crippen LogP contribution in [0.3, 0.4) is 0 Å². The largest absolute Gasteiger partial charge is 0.348 e. The minimum atomic E-state index is -0.219. The molecule has 1 amide bonds. The summed E-state index contributed by atoms with van der Waals surface area (Å²) in [6, 6.07) is 22.0. The molecule has 0 bridgehead atoms. The Bertz CT molecular complexity index is 1360. The van der Waals surface area contributed by atoms with E-state index in [1.807, 2.05) is 42.5 Å². The molecule has 0 atom stereocenters. The molecular formula is C26H23ClN4O2. The van der Waals surface area contributed by atoms with E-state index in [2.05, 4.69) is 10.2 Å². The van der Waals surface area contributed by atoms with E-state index in [9.17, 15) is 9.59 Å². The van der Waals surface area contributed by atoms with E-state index in [4.69, 9.17) is 16.6 Å². The number of carbonyl (C=O) groups excluding carboxylic acids is 1. The van der Waals surface area contributed by atoms with Gasteiger partial charge in [-0.1, -0.05) is 41.9 Å². The summed E-state index contributed by atoms with van der Waals surface area (Å²) in [5.41, 5.74) is 2.58. The van der Waals surface area contributed by atoms with Gasteiger partial charge in [0.05, 0.1) is 16.6 Å². The van der Waals surface area contributed by atoms with Gasteiger partial charge in [-0.05, 0) is 60.9 Å². The Morgan fingerprint density at radius 3 is 2.42 bits per heavy atom. The predicted molar refractivity (Wildman–Crippen MR) is 131 cm³/mol. The number of benzene rings is 3. The van der Waals surface area contributed by atoms with Gasteiger partial charge in [-0.3, -0.25) is 9.59 Å². The number of halogens is 1. The average Bonchev–Trinajstić information content (AvgIpc) is 3.38. The third-order valence-corrected chi connectivity index (χ3v) is 6.14. The normalized spacial score (nSPS) is 13.4. The van der Waals surface area contributed by atoms with Crippen molar-refractivity contribution in [3.05, 3.63) is 99.3 Å². The Morgan fingerprint density at radius 2 is 1.70 bits per heavy atom. The number of carbonyl (C=O) groups is 1. The van der Waals surface area contributed by atoms with Gasteiger partial charge in [-0.25, -0.2) is 9.55 Å². The second kappa shape index (κ2) is 9.08. The molecule has 0 radical (unpaired) electrons. The second-order valence-electron chi connectivity index (χ2n) is 8.12. The third-order valence-electron chi connectivity index (χ3n) is 5.88. The van der Waals surface area contributed by atoms with Crippen molar-refractivity contribution in [2.75, 3.05) is 18.0 Å². The first-order valence-corrected chi connectivity index (χ1v) is 11.4. The van der Waals surface area contributed by atoms with E-state index >= 15 is 0 Å². The minimum Gasteiger partial charge on any atom is -0.348 e. The highest BCUT2D eigenvalue weighted by molar-refractivity contribution is 6.30. The summed E-state index contributed by atoms with van der Waals surface area (Å²) < 4.78 is 1.67. The molecule has 6 nitrogen and oxygen atoms in total. The van der Waals surface area contributed by atoms with Crippen molar-refractivity contribution in [3.63, 3.8) is 0 Å². The van der Waals surface area contributed by atoms with Crippen LogP contribution in [0, 0.1) is 0 Å². The zero-order valence-corrected chi connectivity index (χ0v) is 18.8. The molecule has 5 rings (SSSR count). The number of amides is 1. The van der Waals surface area contributed by atoms with Crippen LogP contribution in [0.1, 0.15) is 28.8 Å². The summed E-state index contributed by atoms with van der Waals surface area (Å²) >= 11 is 5.92. The highest BCUT2D eigenvalue weighted by Gasteiger charge is 2.21. The maximum atomic E-state index is 13.5. The average molecular weight is 459 g/mol. The molecule has 166 valence electrons. The molecule has 1 saturated heterocycles. The van der Waals surface area contributed by atoms with Crippen molar-refractivity contribution >= 4 is 34.4 Å². The second-order valence-corrected chi connectivity index (χ2v) is 8.56. The number of hydrogen-bond acceptors (Lipinski definition) is 4. The van der Waals surface area contributed by atoms with Crippen LogP contribution in [0.25, 0.3) is 16.6 Å². The van der Waals surface area contributed by atoms with Crippen LogP contribution in [0.4, 0.5) is 5.95 Å². The fraction of sp³-hybridized carbons (Fsp3) is 0.192. The summed E-state index contributed by atoms with van der Waals surface area (Å²) in [4.78, 5) is 33.3. The molecule has 1 aliphatic heterocycles. The molecule has 0 unspecified atom stereocenters. The fourth-order valence-electron chi connectivity index (χ4n) is 4.14. The Morgan fingerprint density at radius 1 is 0.970 bits per heavy atom. The number of para-hydroxylation sites is 1. The van der Waals surface area contributed by atoms with E-state index < -0.39 is 0 Å². The van der Waals surface area contributed by atoms with Crippen molar-refractivity contribution in [3.8, 4) is 5.69 Å². The lowest BCUT2D eigenvalue weighted by Gasteiger charge is -2.22. The molecule has 4 aromatic rings. The molecule has 7 heteroatoms. The van der Waals surface area contributed by atoms with E-state index in [0.29, 0.717) is 34.0 Å². The molecule has 0 aliphatic carbocycles. The lowest BCUT2D eigenvalue weighted by atomic mass is 10.1. The van der Waals surface area contributed by atoms with Crippen LogP contribution >= 0.6 is 11.6 Å². The van der Waals surface area contributed by atoms with Gasteiger partial charge in [-0.15, -0.1) is 0 Å². The number of rotatable bonds is 5. The van der Waals surface area contributed by atoms with Gasteiger partial charge in [0.25, 0.3) is 11.5 Å². The topological polar surface area (TPSA) is 67.2 Å². The summed E-state index contributed by atoms with van der Waals surface area (Å²) in [6.07, 6.45) is 2.13. The van der Waals surface area contributed by atoms with E-state index in [1.165, 1.54) is 0 Å². The van der Waals surface area contributed by atoms with E-state index in [1.54, 1.807) is 34.9 Å². The number of anilines is 1. The summed E-state index contributed by atoms with van der Waals surface area (Å²) in [6.45, 7) is 2.09. The highest BCUT2D eigenvalue weighted by atomic mass is 35.5. The number of aromatic nitrogens is 2. The molecule has 33 heavy (non-hydrogen) atoms. The van der Waals surface area contributed by atoms with Gasteiger partial charge in [0.1, 0.15) is 0 Å². The van der Waals surface area contributed by atoms with Crippen LogP contribution in [-0.2, 0) is 6.54 Å². The zero-order valence-electron chi connectivity index (χ0n) is 18.0. The van der Waals surface area contributed by atoms with Gasteiger partial charge in [-0.2, -0.15) is 0 Å². The van der Waals surface area contributed by atoms with E-state index in [0.717, 1.165) is 37.2 Å². The molecule has 3 aromatic carbocycles. The van der Waals surface area contributed by atoms with Gasteiger partial charge >= 0.3 is 0 Å². The van der Waals surface area contributed by atoms with E-state index in [-0.39, 0.29) is 11.5 Å². The monoisotopic (exact) mass is 458 g/mol. The fourth-order valence-corrected chi connectivity index (χ4v) is 4.27. The van der Waals surface area contributed by atoms with Crippen LogP contribution < -0.4 is 15.8 Å². The summed E-state index contributed by atoms with van der Waals surface area (Å²) in [7, 11) is 0. The molecular weight excluding hydrogens is 436 g/mol. The van der Waals surface area contributed by atoms with Crippen LogP contribution in [-0.4, -0.2) is 28.5 Å². The van der Waals surface area contributed by atoms with Crippen molar-refractivity contribution in [2.24, 2.45) is 0 Å². The number of hydrogen-bond donors (Lipinski definition) is 1. The Kier molecular flexibility index (Phi) is 5.84. The number of fused-ring (bicyclic) bond motifs is 1. The first-order valence-electron chi connectivity index (χ1n) is 11.0. The molecule has 0 saturated carbocycles. The first-order chi connectivity index (χ1) is 16.1. The quantitative estimate of drug-likeness (QED) is 0.475. The molecule has 1 N–H and O–H groups in total. The zero-order chi connectivity index (χ0) is 22.8. The summed E-state index contributed by atoms with van der Waals surface area (Å²) in [5.74, 6) is 0.401. The molecule has 1 fully saturated rings. The lowest BCUT2D eigenvalue weighted by molar-refractivity contribution is 0.0951. The standard InChI is InChI=1S/C26H23ClN4O2/c27-20-11-8-18(9-12-20)17-28-24(32)19-10-13-22-23(16-19)29-26(30-14-4-5-15-30)31(25(22)33)21-6-2-1-3-7-21/h1-3,6-13,16H,4-5,14-15,17H2,(H,28,32). The van der Waals surface area contributed by atoms with Crippen LogP contribution in [0.5, 0.6) is 0 Å². The Labute approximate surface area is 196 Å². The highest BCUT2D eigenvalue weighted by Crippen LogP contribution is 2.23. The first kappa shape index (κ1) is 21.2. The molecule has 1 aromatic heterocycles. The lowest BCUT2D eigenvalue weighted by Crippen LogP contribution is -2.30. The maximum absolute atomic E-state index is 13.5. The van der Waals surface area contributed by atoms with Gasteiger partial charge in [0, 0.05) is 30.2 Å². The number of nitrogens with zero attached hydrogens (tertiary/aromatic N) is 3. The smallest absolute Gasteiger partial charge is 0.267 e. The van der Waals surface area contributed by atoms with Crippen molar-refractivity contribution in [1.82, 2.24) is 14.9 Å². The van der Waals surface area contributed by atoms with Gasteiger partial charge < -0.3 is 10.2 Å². The predicted octanol–water partition coefficient (Wildman–Crippen LogP) is 4.57. The van der Waals surface area contributed by atoms with Crippen LogP contribution in [0.15, 0.2) is 77.6 Å².